The molecule has 0 saturated carbocycles. The van der Waals surface area contributed by atoms with Gasteiger partial charge in [-0.2, -0.15) is 13.2 Å². The lowest BCUT2D eigenvalue weighted by Gasteiger charge is -2.10. The van der Waals surface area contributed by atoms with Crippen LogP contribution in [0.15, 0.2) is 35.5 Å². The molecule has 2 aromatic rings. The molecule has 2 rings (SSSR count). The first-order valence-electron chi connectivity index (χ1n) is 5.97. The van der Waals surface area contributed by atoms with Crippen molar-refractivity contribution in [2.75, 3.05) is 17.3 Å². The van der Waals surface area contributed by atoms with Crippen molar-refractivity contribution >= 4 is 23.4 Å². The van der Waals surface area contributed by atoms with Crippen LogP contribution >= 0.6 is 11.8 Å². The van der Waals surface area contributed by atoms with Gasteiger partial charge in [0, 0.05) is 12.6 Å². The highest BCUT2D eigenvalue weighted by atomic mass is 32.2. The number of nitrogens with two attached hydrogens (primary N) is 1. The van der Waals surface area contributed by atoms with Gasteiger partial charge in [-0.15, -0.1) is 0 Å². The van der Waals surface area contributed by atoms with Gasteiger partial charge in [-0.3, -0.25) is 0 Å². The van der Waals surface area contributed by atoms with Gasteiger partial charge in [0.15, 0.2) is 5.16 Å². The van der Waals surface area contributed by atoms with Crippen LogP contribution in [0.2, 0.25) is 0 Å². The molecular weight excluding hydrogens is 301 g/mol. The fourth-order valence-corrected chi connectivity index (χ4v) is 2.06. The average Bonchev–Trinajstić information content (AvgIpc) is 2.44. The highest BCUT2D eigenvalue weighted by Crippen LogP contribution is 2.29. The summed E-state index contributed by atoms with van der Waals surface area (Å²) in [6.45, 7) is 0.216. The fraction of sp³-hybridized carbons (Fsp3) is 0.231. The minimum Gasteiger partial charge on any atom is -0.383 e. The van der Waals surface area contributed by atoms with Crippen molar-refractivity contribution in [3.63, 3.8) is 0 Å². The van der Waals surface area contributed by atoms with Crippen LogP contribution in [-0.2, 0) is 12.7 Å². The van der Waals surface area contributed by atoms with Crippen molar-refractivity contribution in [3.8, 4) is 0 Å². The maximum Gasteiger partial charge on any atom is 0.416 e. The van der Waals surface area contributed by atoms with Gasteiger partial charge in [0.2, 0.25) is 0 Å². The van der Waals surface area contributed by atoms with Crippen molar-refractivity contribution in [3.05, 3.63) is 41.5 Å². The molecule has 0 atom stereocenters. The third-order valence-electron chi connectivity index (χ3n) is 2.64. The minimum atomic E-state index is -4.35. The highest BCUT2D eigenvalue weighted by Gasteiger charge is 2.30. The lowest BCUT2D eigenvalue weighted by Crippen LogP contribution is -2.08. The number of nitrogen functional groups attached to an aromatic ring is 1. The van der Waals surface area contributed by atoms with Crippen molar-refractivity contribution in [1.82, 2.24) is 9.97 Å². The van der Waals surface area contributed by atoms with Gasteiger partial charge in [0.1, 0.15) is 11.6 Å². The molecule has 1 heterocycles. The largest absolute Gasteiger partial charge is 0.416 e. The van der Waals surface area contributed by atoms with Crippen LogP contribution in [0.3, 0.4) is 0 Å². The molecule has 112 valence electrons. The molecule has 0 aliphatic heterocycles. The van der Waals surface area contributed by atoms with Gasteiger partial charge in [-0.25, -0.2) is 9.97 Å². The Morgan fingerprint density at radius 3 is 2.67 bits per heavy atom. The van der Waals surface area contributed by atoms with Crippen molar-refractivity contribution in [2.45, 2.75) is 17.9 Å². The lowest BCUT2D eigenvalue weighted by molar-refractivity contribution is -0.137. The Morgan fingerprint density at radius 1 is 1.24 bits per heavy atom. The number of rotatable bonds is 4. The molecule has 0 amide bonds. The Bertz CT molecular complexity index is 631. The smallest absolute Gasteiger partial charge is 0.383 e. The Balaban J connectivity index is 2.11. The first-order valence-corrected chi connectivity index (χ1v) is 7.19. The maximum atomic E-state index is 12.6. The molecule has 1 aromatic heterocycles. The summed E-state index contributed by atoms with van der Waals surface area (Å²) in [5.41, 5.74) is 5.47. The molecular formula is C13H13F3N4S. The summed E-state index contributed by atoms with van der Waals surface area (Å²) in [5, 5.41) is 3.44. The van der Waals surface area contributed by atoms with E-state index in [-0.39, 0.29) is 6.54 Å². The van der Waals surface area contributed by atoms with Gasteiger partial charge in [0.25, 0.3) is 0 Å². The van der Waals surface area contributed by atoms with E-state index in [0.29, 0.717) is 22.4 Å². The number of nitrogens with zero attached hydrogens (tertiary/aromatic N) is 2. The minimum absolute atomic E-state index is 0.216. The molecule has 4 nitrogen and oxygen atoms in total. The number of anilines is 2. The SMILES string of the molecule is CSc1nc(N)cc(NCc2cccc(C(F)(F)F)c2)n1. The molecule has 0 spiro atoms. The molecule has 0 aliphatic carbocycles. The first kappa shape index (κ1) is 15.4. The van der Waals surface area contributed by atoms with Crippen LogP contribution in [0.25, 0.3) is 0 Å². The van der Waals surface area contributed by atoms with Crippen molar-refractivity contribution in [1.29, 1.82) is 0 Å². The first-order chi connectivity index (χ1) is 9.88. The number of aromatic nitrogens is 2. The average molecular weight is 314 g/mol. The molecule has 8 heteroatoms. The Kier molecular flexibility index (Phi) is 4.56. The number of hydrogen-bond donors (Lipinski definition) is 2. The number of hydrogen-bond acceptors (Lipinski definition) is 5. The van der Waals surface area contributed by atoms with Gasteiger partial charge < -0.3 is 11.1 Å². The van der Waals surface area contributed by atoms with Crippen molar-refractivity contribution < 1.29 is 13.2 Å². The topological polar surface area (TPSA) is 63.8 Å². The zero-order valence-electron chi connectivity index (χ0n) is 11.1. The van der Waals surface area contributed by atoms with E-state index in [1.165, 1.54) is 23.9 Å². The van der Waals surface area contributed by atoms with Gasteiger partial charge in [-0.05, 0) is 24.0 Å². The van der Waals surface area contributed by atoms with Crippen LogP contribution in [0.5, 0.6) is 0 Å². The summed E-state index contributed by atoms with van der Waals surface area (Å²) in [7, 11) is 0. The number of halogens is 3. The predicted octanol–water partition coefficient (Wildman–Crippen LogP) is 3.41. The van der Waals surface area contributed by atoms with Crippen LogP contribution in [-0.4, -0.2) is 16.2 Å². The van der Waals surface area contributed by atoms with Crippen LogP contribution in [0, 0.1) is 0 Å². The molecule has 0 unspecified atom stereocenters. The molecule has 0 fully saturated rings. The maximum absolute atomic E-state index is 12.6. The molecule has 0 bridgehead atoms. The second kappa shape index (κ2) is 6.21. The third-order valence-corrected chi connectivity index (χ3v) is 3.18. The van der Waals surface area contributed by atoms with E-state index in [2.05, 4.69) is 15.3 Å². The molecule has 1 aromatic carbocycles. The van der Waals surface area contributed by atoms with E-state index in [9.17, 15) is 13.2 Å². The summed E-state index contributed by atoms with van der Waals surface area (Å²) < 4.78 is 37.9. The second-order valence-electron chi connectivity index (χ2n) is 4.22. The van der Waals surface area contributed by atoms with E-state index in [0.717, 1.165) is 12.1 Å². The molecule has 3 N–H and O–H groups in total. The third kappa shape index (κ3) is 4.25. The van der Waals surface area contributed by atoms with E-state index >= 15 is 0 Å². The number of alkyl halides is 3. The number of benzene rings is 1. The van der Waals surface area contributed by atoms with E-state index in [1.807, 2.05) is 6.26 Å². The van der Waals surface area contributed by atoms with Crippen LogP contribution in [0.1, 0.15) is 11.1 Å². The van der Waals surface area contributed by atoms with Crippen molar-refractivity contribution in [2.24, 2.45) is 0 Å². The van der Waals surface area contributed by atoms with Gasteiger partial charge in [-0.1, -0.05) is 23.9 Å². The zero-order chi connectivity index (χ0) is 15.5. The summed E-state index contributed by atoms with van der Waals surface area (Å²) in [6.07, 6.45) is -2.53. The normalized spacial score (nSPS) is 11.4. The Morgan fingerprint density at radius 2 is 2.00 bits per heavy atom. The van der Waals surface area contributed by atoms with Crippen LogP contribution in [0.4, 0.5) is 24.8 Å². The standard InChI is InChI=1S/C13H13F3N4S/c1-21-12-19-10(17)6-11(20-12)18-7-8-3-2-4-9(5-8)13(14,15)16/h2-6H,7H2,1H3,(H3,17,18,19,20). The van der Waals surface area contributed by atoms with Crippen LogP contribution < -0.4 is 11.1 Å². The van der Waals surface area contributed by atoms with Gasteiger partial charge in [0.05, 0.1) is 5.56 Å². The second-order valence-corrected chi connectivity index (χ2v) is 4.99. The summed E-state index contributed by atoms with van der Waals surface area (Å²) in [6, 6.07) is 6.67. The lowest BCUT2D eigenvalue weighted by atomic mass is 10.1. The fourth-order valence-electron chi connectivity index (χ4n) is 1.68. The quantitative estimate of drug-likeness (QED) is 0.669. The summed E-state index contributed by atoms with van der Waals surface area (Å²) in [5.74, 6) is 0.783. The van der Waals surface area contributed by atoms with Gasteiger partial charge >= 0.3 is 6.18 Å². The molecule has 21 heavy (non-hydrogen) atoms. The summed E-state index contributed by atoms with van der Waals surface area (Å²) in [4.78, 5) is 8.17. The summed E-state index contributed by atoms with van der Waals surface area (Å²) >= 11 is 1.33. The Labute approximate surface area is 124 Å². The molecule has 0 aliphatic rings. The predicted molar refractivity (Wildman–Crippen MR) is 77.0 cm³/mol. The van der Waals surface area contributed by atoms with E-state index in [1.54, 1.807) is 6.07 Å². The zero-order valence-corrected chi connectivity index (χ0v) is 11.9. The van der Waals surface area contributed by atoms with E-state index in [4.69, 9.17) is 5.73 Å². The molecule has 0 saturated heterocycles. The number of nitrogens with one attached hydrogen (secondary N) is 1. The Hall–Kier alpha value is -1.96. The monoisotopic (exact) mass is 314 g/mol. The highest BCUT2D eigenvalue weighted by molar-refractivity contribution is 7.98. The molecule has 0 radical (unpaired) electrons. The van der Waals surface area contributed by atoms with E-state index < -0.39 is 11.7 Å². The number of thioether (sulfide) groups is 1.